The summed E-state index contributed by atoms with van der Waals surface area (Å²) in [6, 6.07) is 11.7. The first kappa shape index (κ1) is 25.8. The molecular formula is C30H38N8O2S. The second-order valence-electron chi connectivity index (χ2n) is 12.5. The second-order valence-corrected chi connectivity index (χ2v) is 13.4. The van der Waals surface area contributed by atoms with Crippen LogP contribution in [0.25, 0.3) is 22.9 Å². The number of aromatic nitrogens is 3. The Morgan fingerprint density at radius 3 is 2.27 bits per heavy atom. The normalized spacial score (nSPS) is 30.2. The highest BCUT2D eigenvalue weighted by atomic mass is 32.2. The summed E-state index contributed by atoms with van der Waals surface area (Å²) in [4.78, 5) is 15.1. The molecule has 11 heteroatoms. The predicted octanol–water partition coefficient (Wildman–Crippen LogP) is 3.42. The first-order chi connectivity index (χ1) is 20.2. The number of rotatable bonds is 4. The third kappa shape index (κ3) is 4.76. The van der Waals surface area contributed by atoms with Crippen LogP contribution in [-0.4, -0.2) is 107 Å². The van der Waals surface area contributed by atoms with Crippen LogP contribution in [0.2, 0.25) is 0 Å². The summed E-state index contributed by atoms with van der Waals surface area (Å²) < 4.78 is 9.73. The van der Waals surface area contributed by atoms with Gasteiger partial charge >= 0.3 is 0 Å². The molecule has 10 nitrogen and oxygen atoms in total. The van der Waals surface area contributed by atoms with Gasteiger partial charge in [-0.05, 0) is 56.0 Å². The van der Waals surface area contributed by atoms with Crippen molar-refractivity contribution in [3.63, 3.8) is 0 Å². The highest BCUT2D eigenvalue weighted by Crippen LogP contribution is 2.45. The Bertz CT molecular complexity index is 1390. The van der Waals surface area contributed by atoms with Crippen LogP contribution in [0.1, 0.15) is 25.7 Å². The van der Waals surface area contributed by atoms with Crippen LogP contribution < -0.4 is 14.5 Å². The molecule has 41 heavy (non-hydrogen) atoms. The van der Waals surface area contributed by atoms with E-state index in [0.29, 0.717) is 35.0 Å². The Morgan fingerprint density at radius 2 is 1.56 bits per heavy atom. The summed E-state index contributed by atoms with van der Waals surface area (Å²) in [5, 5.41) is 18.2. The molecule has 2 aromatic heterocycles. The third-order valence-corrected chi connectivity index (χ3v) is 10.6. The number of piperidine rings is 2. The number of anilines is 3. The molecule has 0 amide bonds. The molecule has 0 atom stereocenters. The zero-order valence-corrected chi connectivity index (χ0v) is 24.2. The number of pyridine rings is 1. The van der Waals surface area contributed by atoms with Crippen LogP contribution in [0, 0.1) is 5.41 Å². The number of hydrogen-bond acceptors (Lipinski definition) is 11. The van der Waals surface area contributed by atoms with E-state index in [-0.39, 0.29) is 6.61 Å². The van der Waals surface area contributed by atoms with E-state index in [1.54, 1.807) is 0 Å². The van der Waals surface area contributed by atoms with Crippen molar-refractivity contribution in [2.75, 3.05) is 79.2 Å². The van der Waals surface area contributed by atoms with Crippen molar-refractivity contribution in [1.29, 1.82) is 0 Å². The number of aliphatic hydroxyl groups is 1. The van der Waals surface area contributed by atoms with Crippen LogP contribution >= 0.6 is 11.9 Å². The number of nitrogens with zero attached hydrogens (tertiary/aromatic N) is 7. The maximum Gasteiger partial charge on any atom is 0.250 e. The van der Waals surface area contributed by atoms with Gasteiger partial charge in [0, 0.05) is 93.1 Å². The molecular weight excluding hydrogens is 536 g/mol. The summed E-state index contributed by atoms with van der Waals surface area (Å²) in [6.45, 7) is 9.30. The van der Waals surface area contributed by atoms with Crippen LogP contribution in [0.3, 0.4) is 0 Å². The van der Waals surface area contributed by atoms with Gasteiger partial charge in [0.15, 0.2) is 0 Å². The molecule has 11 bridgehead atoms. The summed E-state index contributed by atoms with van der Waals surface area (Å²) in [5.41, 5.74) is 4.53. The van der Waals surface area contributed by atoms with Crippen LogP contribution in [0.15, 0.2) is 40.9 Å². The van der Waals surface area contributed by atoms with Crippen molar-refractivity contribution in [3.05, 3.63) is 36.5 Å². The van der Waals surface area contributed by atoms with E-state index in [0.717, 1.165) is 54.5 Å². The predicted molar refractivity (Wildman–Crippen MR) is 162 cm³/mol. The van der Waals surface area contributed by atoms with E-state index in [1.807, 2.05) is 12.3 Å². The smallest absolute Gasteiger partial charge is 0.250 e. The van der Waals surface area contributed by atoms with E-state index < -0.39 is 0 Å². The molecule has 10 aliphatic heterocycles. The molecule has 4 saturated heterocycles. The number of nitrogens with one attached hydrogen (secondary N) is 1. The molecule has 0 aliphatic carbocycles. The van der Waals surface area contributed by atoms with Gasteiger partial charge in [-0.15, -0.1) is 10.2 Å². The highest BCUT2D eigenvalue weighted by molar-refractivity contribution is 8.00. The fourth-order valence-electron chi connectivity index (χ4n) is 7.67. The minimum absolute atomic E-state index is 0.145. The maximum atomic E-state index is 9.22. The molecule has 2 N–H and O–H groups in total. The Labute approximate surface area is 245 Å². The average Bonchev–Trinajstić information content (AvgIpc) is 3.47. The minimum atomic E-state index is 0.145. The fraction of sp³-hybridized carbons (Fsp3) is 0.567. The van der Waals surface area contributed by atoms with Gasteiger partial charge in [0.1, 0.15) is 5.82 Å². The van der Waals surface area contributed by atoms with Gasteiger partial charge in [0.25, 0.3) is 0 Å². The highest BCUT2D eigenvalue weighted by Gasteiger charge is 2.54. The summed E-state index contributed by atoms with van der Waals surface area (Å²) in [6.07, 6.45) is 6.59. The first-order valence-electron chi connectivity index (χ1n) is 15.1. The van der Waals surface area contributed by atoms with Crippen molar-refractivity contribution >= 4 is 29.1 Å². The third-order valence-electron chi connectivity index (χ3n) is 9.81. The van der Waals surface area contributed by atoms with E-state index in [4.69, 9.17) is 9.40 Å². The molecule has 1 spiro atoms. The van der Waals surface area contributed by atoms with Crippen molar-refractivity contribution in [2.24, 2.45) is 5.41 Å². The summed E-state index contributed by atoms with van der Waals surface area (Å²) in [5.74, 6) is 2.68. The van der Waals surface area contributed by atoms with Gasteiger partial charge < -0.3 is 24.0 Å². The van der Waals surface area contributed by atoms with Gasteiger partial charge in [-0.1, -0.05) is 11.9 Å². The van der Waals surface area contributed by atoms with E-state index in [1.165, 1.54) is 63.8 Å². The summed E-state index contributed by atoms with van der Waals surface area (Å²) >= 11 is 1.51. The Hall–Kier alpha value is -2.86. The number of benzene rings is 1. The quantitative estimate of drug-likeness (QED) is 0.354. The maximum absolute atomic E-state index is 9.22. The Kier molecular flexibility index (Phi) is 6.58. The largest absolute Gasteiger partial charge is 0.416 e. The van der Waals surface area contributed by atoms with Crippen molar-refractivity contribution in [3.8, 4) is 22.9 Å². The molecule has 4 fully saturated rings. The standard InChI is InChI=1S/C30H38N8O2S/c39-13-14-41-34-22-1-2-25-26(16-22)35-9-4-23(5-10-35)37-17-30(18-37)19-38(20-30)24-6-11-36(12-7-24)27-15-21(3-8-31-27)28-32-33-29(25)40-28/h1-3,8,15-16,23-24,34,39H,4-7,9-14,17-20H2. The van der Waals surface area contributed by atoms with Gasteiger partial charge in [-0.2, -0.15) is 0 Å². The molecule has 3 aromatic rings. The topological polar surface area (TPSA) is 97.0 Å². The molecule has 1 aromatic carbocycles. The van der Waals surface area contributed by atoms with Crippen LogP contribution in [-0.2, 0) is 0 Å². The van der Waals surface area contributed by atoms with Gasteiger partial charge in [-0.25, -0.2) is 4.98 Å². The van der Waals surface area contributed by atoms with Gasteiger partial charge in [-0.3, -0.25) is 9.80 Å². The lowest BCUT2D eigenvalue weighted by Crippen LogP contribution is -2.75. The van der Waals surface area contributed by atoms with E-state index in [9.17, 15) is 5.11 Å². The zero-order chi connectivity index (χ0) is 27.4. The lowest BCUT2D eigenvalue weighted by Gasteiger charge is -2.64. The number of aliphatic hydroxyl groups excluding tert-OH is 1. The van der Waals surface area contributed by atoms with Crippen LogP contribution in [0.4, 0.5) is 17.2 Å². The van der Waals surface area contributed by atoms with Gasteiger partial charge in [0.05, 0.1) is 17.9 Å². The van der Waals surface area contributed by atoms with Crippen molar-refractivity contribution < 1.29 is 9.52 Å². The van der Waals surface area contributed by atoms with E-state index in [2.05, 4.69) is 58.8 Å². The lowest BCUT2D eigenvalue weighted by molar-refractivity contribution is -0.147. The SMILES string of the molecule is OCCSNc1ccc2c(c1)N1CCC(CC1)N1CC3(CN(C3)C3CCN(CC3)c3cc(ccn3)-c3nnc-2o3)C1. The van der Waals surface area contributed by atoms with Crippen molar-refractivity contribution in [1.82, 2.24) is 25.0 Å². The molecule has 216 valence electrons. The van der Waals surface area contributed by atoms with Crippen LogP contribution in [0.5, 0.6) is 0 Å². The zero-order valence-electron chi connectivity index (χ0n) is 23.4. The van der Waals surface area contributed by atoms with E-state index >= 15 is 0 Å². The number of hydrogen-bond donors (Lipinski definition) is 2. The molecule has 10 aliphatic rings. The van der Waals surface area contributed by atoms with Crippen molar-refractivity contribution in [2.45, 2.75) is 37.8 Å². The second kappa shape index (κ2) is 10.4. The fourth-order valence-corrected chi connectivity index (χ4v) is 8.16. The first-order valence-corrected chi connectivity index (χ1v) is 16.1. The molecule has 13 rings (SSSR count). The molecule has 0 saturated carbocycles. The lowest BCUT2D eigenvalue weighted by atomic mass is 9.70. The molecule has 12 heterocycles. The Morgan fingerprint density at radius 1 is 0.878 bits per heavy atom. The summed E-state index contributed by atoms with van der Waals surface area (Å²) in [7, 11) is 0. The minimum Gasteiger partial charge on any atom is -0.416 e. The average molecular weight is 575 g/mol. The Balaban J connectivity index is 1.13. The molecule has 0 unspecified atom stereocenters. The molecule has 0 radical (unpaired) electrons. The van der Waals surface area contributed by atoms with Gasteiger partial charge in [0.2, 0.25) is 11.8 Å². The monoisotopic (exact) mass is 574 g/mol.